The number of aromatic nitrogens is 1. The molecule has 0 spiro atoms. The zero-order valence-corrected chi connectivity index (χ0v) is 9.60. The molecule has 1 aromatic heterocycles. The van der Waals surface area contributed by atoms with Gasteiger partial charge in [-0.3, -0.25) is 0 Å². The summed E-state index contributed by atoms with van der Waals surface area (Å²) in [4.78, 5) is 0. The lowest BCUT2D eigenvalue weighted by molar-refractivity contribution is 0.621. The van der Waals surface area contributed by atoms with Crippen LogP contribution in [0.3, 0.4) is 0 Å². The number of halogens is 1. The van der Waals surface area contributed by atoms with Crippen molar-refractivity contribution < 1.29 is 4.39 Å². The van der Waals surface area contributed by atoms with Crippen molar-refractivity contribution in [3.8, 4) is 0 Å². The highest BCUT2D eigenvalue weighted by Crippen LogP contribution is 2.30. The fourth-order valence-electron chi connectivity index (χ4n) is 2.84. The molecule has 1 aliphatic rings. The maximum absolute atomic E-state index is 13.4. The Hall–Kier alpha value is -1.35. The molecule has 2 aromatic rings. The smallest absolute Gasteiger partial charge is 0.124 e. The average Bonchev–Trinajstić information content (AvgIpc) is 2.54. The number of hydrogen-bond acceptors (Lipinski definition) is 1. The van der Waals surface area contributed by atoms with Crippen molar-refractivity contribution in [3.63, 3.8) is 0 Å². The first-order chi connectivity index (χ1) is 7.68. The van der Waals surface area contributed by atoms with Gasteiger partial charge in [0.15, 0.2) is 0 Å². The molecule has 1 N–H and O–H groups in total. The van der Waals surface area contributed by atoms with Crippen molar-refractivity contribution in [1.82, 2.24) is 9.88 Å². The van der Waals surface area contributed by atoms with Crippen molar-refractivity contribution in [2.75, 3.05) is 6.54 Å². The van der Waals surface area contributed by atoms with E-state index in [9.17, 15) is 4.39 Å². The summed E-state index contributed by atoms with van der Waals surface area (Å²) in [6.45, 7) is 3.85. The van der Waals surface area contributed by atoms with Crippen LogP contribution in [0.5, 0.6) is 0 Å². The maximum Gasteiger partial charge on any atom is 0.124 e. The monoisotopic (exact) mass is 218 g/mol. The zero-order chi connectivity index (χ0) is 11.3. The summed E-state index contributed by atoms with van der Waals surface area (Å²) < 4.78 is 15.7. The highest BCUT2D eigenvalue weighted by molar-refractivity contribution is 5.88. The van der Waals surface area contributed by atoms with Crippen molar-refractivity contribution in [3.05, 3.63) is 34.8 Å². The Morgan fingerprint density at radius 2 is 2.19 bits per heavy atom. The van der Waals surface area contributed by atoms with E-state index in [2.05, 4.69) is 16.9 Å². The van der Waals surface area contributed by atoms with E-state index in [-0.39, 0.29) is 5.82 Å². The molecule has 16 heavy (non-hydrogen) atoms. The van der Waals surface area contributed by atoms with Crippen LogP contribution in [0.25, 0.3) is 10.9 Å². The molecule has 0 atom stereocenters. The molecule has 84 valence electrons. The Morgan fingerprint density at radius 3 is 3.00 bits per heavy atom. The lowest BCUT2D eigenvalue weighted by atomic mass is 10.0. The predicted molar refractivity (Wildman–Crippen MR) is 63.0 cm³/mol. The van der Waals surface area contributed by atoms with Crippen LogP contribution < -0.4 is 5.32 Å². The van der Waals surface area contributed by atoms with Crippen LogP contribution in [-0.4, -0.2) is 11.1 Å². The molecule has 2 heterocycles. The van der Waals surface area contributed by atoms with Gasteiger partial charge in [0.1, 0.15) is 5.82 Å². The van der Waals surface area contributed by atoms with Crippen LogP contribution in [0.2, 0.25) is 0 Å². The first-order valence-corrected chi connectivity index (χ1v) is 5.65. The molecule has 1 aliphatic heterocycles. The van der Waals surface area contributed by atoms with E-state index in [0.717, 1.165) is 30.5 Å². The molecule has 0 unspecified atom stereocenters. The molecule has 0 radical (unpaired) electrons. The van der Waals surface area contributed by atoms with Gasteiger partial charge in [0.25, 0.3) is 0 Å². The molecule has 0 saturated heterocycles. The molecule has 2 nitrogen and oxygen atoms in total. The number of hydrogen-bond donors (Lipinski definition) is 1. The maximum atomic E-state index is 13.4. The Balaban J connectivity index is 2.44. The van der Waals surface area contributed by atoms with Crippen LogP contribution >= 0.6 is 0 Å². The first kappa shape index (κ1) is 9.85. The highest BCUT2D eigenvalue weighted by atomic mass is 19.1. The van der Waals surface area contributed by atoms with Gasteiger partial charge in [0.2, 0.25) is 0 Å². The second-order valence-corrected chi connectivity index (χ2v) is 4.53. The number of rotatable bonds is 0. The van der Waals surface area contributed by atoms with Gasteiger partial charge in [-0.25, -0.2) is 4.39 Å². The fraction of sp³-hybridized carbons (Fsp3) is 0.385. The van der Waals surface area contributed by atoms with E-state index < -0.39 is 0 Å². The normalized spacial score (nSPS) is 15.4. The van der Waals surface area contributed by atoms with E-state index >= 15 is 0 Å². The Bertz CT molecular complexity index is 569. The van der Waals surface area contributed by atoms with Crippen LogP contribution in [0.15, 0.2) is 12.1 Å². The van der Waals surface area contributed by atoms with Gasteiger partial charge >= 0.3 is 0 Å². The summed E-state index contributed by atoms with van der Waals surface area (Å²) in [6.07, 6.45) is 1.03. The lowest BCUT2D eigenvalue weighted by Crippen LogP contribution is -2.24. The third-order valence-corrected chi connectivity index (χ3v) is 3.52. The van der Waals surface area contributed by atoms with Gasteiger partial charge in [-0.2, -0.15) is 0 Å². The number of fused-ring (bicyclic) bond motifs is 3. The number of nitrogens with zero attached hydrogens (tertiary/aromatic N) is 1. The van der Waals surface area contributed by atoms with Gasteiger partial charge in [0.05, 0.1) is 5.52 Å². The lowest BCUT2D eigenvalue weighted by Gasteiger charge is -2.14. The standard InChI is InChI=1S/C13H15FN2/c1-8-5-9(14)6-10-11-7-15-4-3-12(11)16(2)13(8)10/h5-6,15H,3-4,7H2,1-2H3. The SMILES string of the molecule is Cc1cc(F)cc2c3c(n(C)c12)CCNC3. The van der Waals surface area contributed by atoms with E-state index in [1.165, 1.54) is 16.8 Å². The molecule has 0 aliphatic carbocycles. The van der Waals surface area contributed by atoms with Gasteiger partial charge in [-0.1, -0.05) is 0 Å². The molecular weight excluding hydrogens is 203 g/mol. The number of aryl methyl sites for hydroxylation is 2. The second kappa shape index (κ2) is 3.32. The van der Waals surface area contributed by atoms with E-state index in [1.54, 1.807) is 12.1 Å². The third-order valence-electron chi connectivity index (χ3n) is 3.52. The molecule has 0 amide bonds. The van der Waals surface area contributed by atoms with Crippen molar-refractivity contribution >= 4 is 10.9 Å². The molecular formula is C13H15FN2. The zero-order valence-electron chi connectivity index (χ0n) is 9.60. The van der Waals surface area contributed by atoms with Crippen molar-refractivity contribution in [2.45, 2.75) is 19.9 Å². The van der Waals surface area contributed by atoms with Crippen LogP contribution in [-0.2, 0) is 20.0 Å². The second-order valence-electron chi connectivity index (χ2n) is 4.53. The molecule has 0 saturated carbocycles. The fourth-order valence-corrected chi connectivity index (χ4v) is 2.84. The number of benzene rings is 1. The largest absolute Gasteiger partial charge is 0.347 e. The van der Waals surface area contributed by atoms with Gasteiger partial charge in [0, 0.05) is 37.6 Å². The number of nitrogens with one attached hydrogen (secondary N) is 1. The quantitative estimate of drug-likeness (QED) is 0.717. The molecule has 1 aromatic carbocycles. The summed E-state index contributed by atoms with van der Waals surface area (Å²) in [6, 6.07) is 3.27. The predicted octanol–water partition coefficient (Wildman–Crippen LogP) is 2.27. The first-order valence-electron chi connectivity index (χ1n) is 5.65. The van der Waals surface area contributed by atoms with Crippen LogP contribution in [0.1, 0.15) is 16.8 Å². The topological polar surface area (TPSA) is 17.0 Å². The Labute approximate surface area is 94.1 Å². The third kappa shape index (κ3) is 1.21. The molecule has 0 fully saturated rings. The van der Waals surface area contributed by atoms with E-state index in [4.69, 9.17) is 0 Å². The molecule has 3 heteroatoms. The summed E-state index contributed by atoms with van der Waals surface area (Å²) >= 11 is 0. The average molecular weight is 218 g/mol. The van der Waals surface area contributed by atoms with Gasteiger partial charge < -0.3 is 9.88 Å². The Kier molecular flexibility index (Phi) is 2.04. The van der Waals surface area contributed by atoms with Crippen molar-refractivity contribution in [1.29, 1.82) is 0 Å². The Morgan fingerprint density at radius 1 is 1.38 bits per heavy atom. The van der Waals surface area contributed by atoms with Crippen molar-refractivity contribution in [2.24, 2.45) is 7.05 Å². The summed E-state index contributed by atoms with van der Waals surface area (Å²) in [5.41, 5.74) is 4.82. The minimum absolute atomic E-state index is 0.135. The highest BCUT2D eigenvalue weighted by Gasteiger charge is 2.19. The minimum Gasteiger partial charge on any atom is -0.347 e. The molecule has 0 bridgehead atoms. The van der Waals surface area contributed by atoms with Crippen LogP contribution in [0.4, 0.5) is 4.39 Å². The van der Waals surface area contributed by atoms with E-state index in [1.807, 2.05) is 6.92 Å². The van der Waals surface area contributed by atoms with Crippen LogP contribution in [0, 0.1) is 12.7 Å². The van der Waals surface area contributed by atoms with E-state index in [0.29, 0.717) is 0 Å². The summed E-state index contributed by atoms with van der Waals surface area (Å²) in [7, 11) is 2.08. The minimum atomic E-state index is -0.135. The van der Waals surface area contributed by atoms with Gasteiger partial charge in [-0.15, -0.1) is 0 Å². The summed E-state index contributed by atoms with van der Waals surface area (Å²) in [5, 5.41) is 4.42. The summed E-state index contributed by atoms with van der Waals surface area (Å²) in [5.74, 6) is -0.135. The molecule has 3 rings (SSSR count). The van der Waals surface area contributed by atoms with Gasteiger partial charge in [-0.05, 0) is 30.2 Å².